The SMILES string of the molecule is Cc1cc(Br)c2nc(-c3ccc(F)cc3)c(CC(=O)O)n2c1. The van der Waals surface area contributed by atoms with Gasteiger partial charge in [-0.3, -0.25) is 4.79 Å². The van der Waals surface area contributed by atoms with Crippen LogP contribution in [0.1, 0.15) is 11.3 Å². The average molecular weight is 363 g/mol. The first-order valence-corrected chi connectivity index (χ1v) is 7.40. The molecule has 0 bridgehead atoms. The number of carbonyl (C=O) groups is 1. The highest BCUT2D eigenvalue weighted by Gasteiger charge is 2.18. The van der Waals surface area contributed by atoms with Crippen LogP contribution in [0.25, 0.3) is 16.9 Å². The van der Waals surface area contributed by atoms with Crippen LogP contribution in [0.4, 0.5) is 4.39 Å². The number of nitrogens with zero attached hydrogens (tertiary/aromatic N) is 2. The van der Waals surface area contributed by atoms with Gasteiger partial charge in [-0.2, -0.15) is 0 Å². The zero-order valence-corrected chi connectivity index (χ0v) is 13.3. The summed E-state index contributed by atoms with van der Waals surface area (Å²) in [7, 11) is 0. The number of pyridine rings is 1. The standard InChI is InChI=1S/C16H12BrFN2O2/c1-9-6-12(17)16-19-15(10-2-4-11(18)5-3-10)13(7-14(21)22)20(16)8-9/h2-6,8H,7H2,1H3,(H,21,22). The molecule has 0 radical (unpaired) electrons. The summed E-state index contributed by atoms with van der Waals surface area (Å²) < 4.78 is 15.7. The molecule has 1 N–H and O–H groups in total. The van der Waals surface area contributed by atoms with Crippen molar-refractivity contribution in [3.8, 4) is 11.3 Å². The van der Waals surface area contributed by atoms with Gasteiger partial charge in [-0.15, -0.1) is 0 Å². The molecule has 0 saturated carbocycles. The molecule has 0 aliphatic heterocycles. The van der Waals surface area contributed by atoms with Crippen LogP contribution in [0.5, 0.6) is 0 Å². The normalized spacial score (nSPS) is 11.0. The van der Waals surface area contributed by atoms with Crippen molar-refractivity contribution in [2.75, 3.05) is 0 Å². The lowest BCUT2D eigenvalue weighted by Crippen LogP contribution is -2.05. The number of hydrogen-bond acceptors (Lipinski definition) is 2. The Balaban J connectivity index is 2.30. The molecular formula is C16H12BrFN2O2. The van der Waals surface area contributed by atoms with Crippen molar-refractivity contribution in [3.05, 3.63) is 58.1 Å². The first-order valence-electron chi connectivity index (χ1n) is 6.60. The minimum absolute atomic E-state index is 0.163. The molecule has 0 aliphatic rings. The molecule has 3 aromatic rings. The quantitative estimate of drug-likeness (QED) is 0.769. The first-order chi connectivity index (χ1) is 10.5. The van der Waals surface area contributed by atoms with Gasteiger partial charge in [-0.05, 0) is 58.7 Å². The van der Waals surface area contributed by atoms with Gasteiger partial charge in [0.2, 0.25) is 0 Å². The van der Waals surface area contributed by atoms with Gasteiger partial charge in [0.15, 0.2) is 5.65 Å². The van der Waals surface area contributed by atoms with Gasteiger partial charge in [0, 0.05) is 11.8 Å². The summed E-state index contributed by atoms with van der Waals surface area (Å²) in [5.41, 5.74) is 3.42. The van der Waals surface area contributed by atoms with E-state index in [1.165, 1.54) is 12.1 Å². The lowest BCUT2D eigenvalue weighted by atomic mass is 10.1. The van der Waals surface area contributed by atoms with Gasteiger partial charge < -0.3 is 9.51 Å². The molecule has 0 saturated heterocycles. The minimum atomic E-state index is -0.942. The highest BCUT2D eigenvalue weighted by molar-refractivity contribution is 9.10. The Labute approximate surface area is 134 Å². The van der Waals surface area contributed by atoms with E-state index in [1.807, 2.05) is 19.2 Å². The summed E-state index contributed by atoms with van der Waals surface area (Å²) >= 11 is 3.45. The number of imidazole rings is 1. The summed E-state index contributed by atoms with van der Waals surface area (Å²) in [4.78, 5) is 15.7. The molecule has 0 fully saturated rings. The van der Waals surface area contributed by atoms with Gasteiger partial charge in [0.05, 0.1) is 22.3 Å². The van der Waals surface area contributed by atoms with Crippen molar-refractivity contribution in [3.63, 3.8) is 0 Å². The second-order valence-corrected chi connectivity index (χ2v) is 5.90. The third-order valence-electron chi connectivity index (χ3n) is 3.35. The van der Waals surface area contributed by atoms with Crippen LogP contribution in [0.3, 0.4) is 0 Å². The Kier molecular flexibility index (Phi) is 3.70. The van der Waals surface area contributed by atoms with E-state index in [-0.39, 0.29) is 12.2 Å². The van der Waals surface area contributed by atoms with Crippen molar-refractivity contribution >= 4 is 27.5 Å². The number of hydrogen-bond donors (Lipinski definition) is 1. The molecular weight excluding hydrogens is 351 g/mol. The molecule has 0 spiro atoms. The first kappa shape index (κ1) is 14.7. The minimum Gasteiger partial charge on any atom is -0.481 e. The second kappa shape index (κ2) is 5.53. The van der Waals surface area contributed by atoms with Crippen LogP contribution in [-0.2, 0) is 11.2 Å². The fourth-order valence-electron chi connectivity index (χ4n) is 2.43. The van der Waals surface area contributed by atoms with E-state index in [9.17, 15) is 14.3 Å². The molecule has 2 heterocycles. The Morgan fingerprint density at radius 2 is 2.05 bits per heavy atom. The van der Waals surface area contributed by atoms with E-state index < -0.39 is 5.97 Å². The lowest BCUT2D eigenvalue weighted by Gasteiger charge is -2.04. The van der Waals surface area contributed by atoms with Gasteiger partial charge in [0.1, 0.15) is 5.82 Å². The maximum Gasteiger partial charge on any atom is 0.309 e. The summed E-state index contributed by atoms with van der Waals surface area (Å²) in [5, 5.41) is 9.19. The molecule has 1 aromatic carbocycles. The molecule has 3 rings (SSSR count). The van der Waals surface area contributed by atoms with Gasteiger partial charge >= 0.3 is 5.97 Å². The molecule has 22 heavy (non-hydrogen) atoms. The highest BCUT2D eigenvalue weighted by Crippen LogP contribution is 2.29. The van der Waals surface area contributed by atoms with Crippen molar-refractivity contribution < 1.29 is 14.3 Å². The number of carboxylic acid groups (broad SMARTS) is 1. The molecule has 6 heteroatoms. The molecule has 0 amide bonds. The van der Waals surface area contributed by atoms with E-state index >= 15 is 0 Å². The van der Waals surface area contributed by atoms with Gasteiger partial charge in [-0.1, -0.05) is 0 Å². The van der Waals surface area contributed by atoms with Crippen LogP contribution >= 0.6 is 15.9 Å². The Hall–Kier alpha value is -2.21. The van der Waals surface area contributed by atoms with Crippen LogP contribution < -0.4 is 0 Å². The molecule has 112 valence electrons. The monoisotopic (exact) mass is 362 g/mol. The Morgan fingerprint density at radius 3 is 2.68 bits per heavy atom. The lowest BCUT2D eigenvalue weighted by molar-refractivity contribution is -0.136. The van der Waals surface area contributed by atoms with Crippen LogP contribution in [0, 0.1) is 12.7 Å². The third kappa shape index (κ3) is 2.62. The van der Waals surface area contributed by atoms with E-state index in [0.717, 1.165) is 10.0 Å². The fourth-order valence-corrected chi connectivity index (χ4v) is 3.07. The van der Waals surface area contributed by atoms with Crippen LogP contribution in [0.2, 0.25) is 0 Å². The third-order valence-corrected chi connectivity index (χ3v) is 3.93. The van der Waals surface area contributed by atoms with Gasteiger partial charge in [0.25, 0.3) is 0 Å². The van der Waals surface area contributed by atoms with Crippen LogP contribution in [0.15, 0.2) is 41.0 Å². The fraction of sp³-hybridized carbons (Fsp3) is 0.125. The number of benzene rings is 1. The predicted octanol–water partition coefficient (Wildman–Crippen LogP) is 3.84. The predicted molar refractivity (Wildman–Crippen MR) is 84.4 cm³/mol. The number of carboxylic acids is 1. The summed E-state index contributed by atoms with van der Waals surface area (Å²) in [6.07, 6.45) is 1.68. The van der Waals surface area contributed by atoms with Crippen molar-refractivity contribution in [1.29, 1.82) is 0 Å². The molecule has 0 unspecified atom stereocenters. The van der Waals surface area contributed by atoms with Crippen molar-refractivity contribution in [1.82, 2.24) is 9.38 Å². The zero-order chi connectivity index (χ0) is 15.9. The molecule has 0 aliphatic carbocycles. The van der Waals surface area contributed by atoms with E-state index in [0.29, 0.717) is 22.6 Å². The van der Waals surface area contributed by atoms with Gasteiger partial charge in [-0.25, -0.2) is 9.37 Å². The Bertz CT molecular complexity index is 872. The highest BCUT2D eigenvalue weighted by atomic mass is 79.9. The zero-order valence-electron chi connectivity index (χ0n) is 11.7. The number of rotatable bonds is 3. The molecule has 4 nitrogen and oxygen atoms in total. The maximum absolute atomic E-state index is 13.1. The number of halogens is 2. The average Bonchev–Trinajstić information content (AvgIpc) is 2.78. The van der Waals surface area contributed by atoms with E-state index in [1.54, 1.807) is 16.5 Å². The number of fused-ring (bicyclic) bond motifs is 1. The summed E-state index contributed by atoms with van der Waals surface area (Å²) in [6, 6.07) is 7.79. The van der Waals surface area contributed by atoms with E-state index in [4.69, 9.17) is 0 Å². The van der Waals surface area contributed by atoms with Crippen molar-refractivity contribution in [2.24, 2.45) is 0 Å². The largest absolute Gasteiger partial charge is 0.481 e. The van der Waals surface area contributed by atoms with Crippen molar-refractivity contribution in [2.45, 2.75) is 13.3 Å². The summed E-state index contributed by atoms with van der Waals surface area (Å²) in [6.45, 7) is 1.92. The Morgan fingerprint density at radius 1 is 1.36 bits per heavy atom. The maximum atomic E-state index is 13.1. The van der Waals surface area contributed by atoms with E-state index in [2.05, 4.69) is 20.9 Å². The topological polar surface area (TPSA) is 54.6 Å². The second-order valence-electron chi connectivity index (χ2n) is 5.04. The summed E-state index contributed by atoms with van der Waals surface area (Å²) in [5.74, 6) is -1.29. The number of aromatic nitrogens is 2. The number of aliphatic carboxylic acids is 1. The smallest absolute Gasteiger partial charge is 0.309 e. The number of aryl methyl sites for hydroxylation is 1. The van der Waals surface area contributed by atoms with Crippen LogP contribution in [-0.4, -0.2) is 20.5 Å². The molecule has 2 aromatic heterocycles. The molecule has 0 atom stereocenters.